The van der Waals surface area contributed by atoms with E-state index in [9.17, 15) is 0 Å². The maximum Gasteiger partial charge on any atom is -0.0350 e. The maximum absolute atomic E-state index is 3.57. The summed E-state index contributed by atoms with van der Waals surface area (Å²) in [6, 6.07) is 0. The predicted octanol–water partition coefficient (Wildman–Crippen LogP) is 3.64. The molecule has 0 aromatic carbocycles. The number of allylic oxidation sites excluding steroid dienone is 7. The van der Waals surface area contributed by atoms with Crippen molar-refractivity contribution in [2.75, 3.05) is 0 Å². The molecular formula is C11H16. The Kier molecular flexibility index (Phi) is 8.11. The minimum Gasteiger partial charge on any atom is -0.0991 e. The summed E-state index contributed by atoms with van der Waals surface area (Å²) in [6.45, 7) is 5.74. The first kappa shape index (κ1) is 9.96. The summed E-state index contributed by atoms with van der Waals surface area (Å²) in [5, 5.41) is 0. The van der Waals surface area contributed by atoms with Crippen LogP contribution in [0.5, 0.6) is 0 Å². The van der Waals surface area contributed by atoms with Gasteiger partial charge in [0.05, 0.1) is 0 Å². The topological polar surface area (TPSA) is 0 Å². The fourth-order valence-corrected chi connectivity index (χ4v) is 0.612. The largest absolute Gasteiger partial charge is 0.0991 e. The van der Waals surface area contributed by atoms with Crippen molar-refractivity contribution in [1.82, 2.24) is 0 Å². The molecule has 0 saturated carbocycles. The van der Waals surface area contributed by atoms with Crippen molar-refractivity contribution >= 4 is 0 Å². The van der Waals surface area contributed by atoms with Gasteiger partial charge in [-0.1, -0.05) is 62.5 Å². The Labute approximate surface area is 69.6 Å². The van der Waals surface area contributed by atoms with E-state index in [1.54, 1.807) is 6.08 Å². The van der Waals surface area contributed by atoms with Gasteiger partial charge in [-0.15, -0.1) is 0 Å². The molecule has 0 aliphatic heterocycles. The number of hydrogen-bond donors (Lipinski definition) is 0. The second-order valence-corrected chi connectivity index (χ2v) is 2.22. The van der Waals surface area contributed by atoms with Crippen LogP contribution >= 0.6 is 0 Å². The summed E-state index contributed by atoms with van der Waals surface area (Å²) < 4.78 is 0. The van der Waals surface area contributed by atoms with Crippen LogP contribution in [0, 0.1) is 0 Å². The second-order valence-electron chi connectivity index (χ2n) is 2.22. The Morgan fingerprint density at radius 2 is 1.64 bits per heavy atom. The molecule has 0 bridgehead atoms. The first-order valence-electron chi connectivity index (χ1n) is 4.02. The molecule has 0 heterocycles. The number of rotatable bonds is 5. The first-order chi connectivity index (χ1) is 5.41. The molecule has 0 heteroatoms. The minimum absolute atomic E-state index is 1.16. The Balaban J connectivity index is 3.42. The van der Waals surface area contributed by atoms with Gasteiger partial charge in [-0.25, -0.2) is 0 Å². The van der Waals surface area contributed by atoms with Crippen LogP contribution in [0.1, 0.15) is 19.8 Å². The summed E-state index contributed by atoms with van der Waals surface area (Å²) in [5.74, 6) is 0. The van der Waals surface area contributed by atoms with E-state index in [0.29, 0.717) is 0 Å². The zero-order valence-electron chi connectivity index (χ0n) is 7.16. The molecule has 0 N–H and O–H groups in total. The van der Waals surface area contributed by atoms with Crippen LogP contribution in [-0.4, -0.2) is 0 Å². The average molecular weight is 148 g/mol. The van der Waals surface area contributed by atoms with E-state index in [4.69, 9.17) is 0 Å². The van der Waals surface area contributed by atoms with Crippen molar-refractivity contribution in [3.8, 4) is 0 Å². The van der Waals surface area contributed by atoms with Crippen molar-refractivity contribution in [2.45, 2.75) is 19.8 Å². The third kappa shape index (κ3) is 8.96. The monoisotopic (exact) mass is 148 g/mol. The fraction of sp³-hybridized carbons (Fsp3) is 0.273. The highest BCUT2D eigenvalue weighted by Gasteiger charge is 1.68. The van der Waals surface area contributed by atoms with Crippen LogP contribution in [0.3, 0.4) is 0 Å². The highest BCUT2D eigenvalue weighted by atomic mass is 13.7. The smallest absolute Gasteiger partial charge is 0.0350 e. The molecule has 60 valence electrons. The van der Waals surface area contributed by atoms with Crippen molar-refractivity contribution in [1.29, 1.82) is 0 Å². The molecule has 0 amide bonds. The number of hydrogen-bond acceptors (Lipinski definition) is 0. The summed E-state index contributed by atoms with van der Waals surface area (Å²) in [4.78, 5) is 0. The molecule has 0 radical (unpaired) electrons. The molecule has 0 atom stereocenters. The normalized spacial score (nSPS) is 12.1. The molecule has 0 aromatic heterocycles. The lowest BCUT2D eigenvalue weighted by Crippen LogP contribution is -1.58. The molecule has 0 spiro atoms. The quantitative estimate of drug-likeness (QED) is 0.522. The van der Waals surface area contributed by atoms with Crippen LogP contribution in [0.25, 0.3) is 0 Å². The zero-order valence-corrected chi connectivity index (χ0v) is 7.16. The Bertz CT molecular complexity index is 159. The van der Waals surface area contributed by atoms with Crippen molar-refractivity contribution in [3.63, 3.8) is 0 Å². The summed E-state index contributed by atoms with van der Waals surface area (Å²) in [7, 11) is 0. The van der Waals surface area contributed by atoms with Crippen LogP contribution in [-0.2, 0) is 0 Å². The summed E-state index contributed by atoms with van der Waals surface area (Å²) in [5.41, 5.74) is 0. The fourth-order valence-electron chi connectivity index (χ4n) is 0.612. The molecule has 11 heavy (non-hydrogen) atoms. The van der Waals surface area contributed by atoms with Crippen LogP contribution in [0.15, 0.2) is 49.1 Å². The number of unbranched alkanes of at least 4 members (excludes halogenated alkanes) is 1. The minimum atomic E-state index is 1.16. The Morgan fingerprint density at radius 3 is 2.27 bits per heavy atom. The van der Waals surface area contributed by atoms with Crippen LogP contribution < -0.4 is 0 Å². The zero-order chi connectivity index (χ0) is 8.36. The van der Waals surface area contributed by atoms with Crippen molar-refractivity contribution in [2.24, 2.45) is 0 Å². The first-order valence-corrected chi connectivity index (χ1v) is 4.02. The van der Waals surface area contributed by atoms with Gasteiger partial charge < -0.3 is 0 Å². The molecule has 0 aliphatic rings. The molecule has 0 rings (SSSR count). The van der Waals surface area contributed by atoms with Gasteiger partial charge in [-0.2, -0.15) is 0 Å². The molecular weight excluding hydrogens is 132 g/mol. The van der Waals surface area contributed by atoms with E-state index in [0.717, 1.165) is 6.42 Å². The van der Waals surface area contributed by atoms with Gasteiger partial charge >= 0.3 is 0 Å². The van der Waals surface area contributed by atoms with Gasteiger partial charge in [0.2, 0.25) is 0 Å². The lowest BCUT2D eigenvalue weighted by molar-refractivity contribution is 0.959. The van der Waals surface area contributed by atoms with E-state index in [-0.39, 0.29) is 0 Å². The standard InChI is InChI=1S/C11H16/c1-3-5-7-9-11-10-8-6-4-2/h3,5,7-11H,1,4,6H2,2H3/b7-5+,10-8?,11-9-. The van der Waals surface area contributed by atoms with Gasteiger partial charge in [0.25, 0.3) is 0 Å². The second kappa shape index (κ2) is 8.96. The van der Waals surface area contributed by atoms with E-state index >= 15 is 0 Å². The third-order valence-corrected chi connectivity index (χ3v) is 1.17. The highest BCUT2D eigenvalue weighted by Crippen LogP contribution is 1.88. The summed E-state index contributed by atoms with van der Waals surface area (Å²) in [6.07, 6.45) is 16.3. The van der Waals surface area contributed by atoms with Gasteiger partial charge in [-0.05, 0) is 6.42 Å². The van der Waals surface area contributed by atoms with E-state index in [2.05, 4.69) is 25.7 Å². The van der Waals surface area contributed by atoms with E-state index in [1.807, 2.05) is 24.3 Å². The van der Waals surface area contributed by atoms with Crippen LogP contribution in [0.2, 0.25) is 0 Å². The Morgan fingerprint density at radius 1 is 1.00 bits per heavy atom. The van der Waals surface area contributed by atoms with Gasteiger partial charge in [0.1, 0.15) is 0 Å². The van der Waals surface area contributed by atoms with Crippen molar-refractivity contribution < 1.29 is 0 Å². The van der Waals surface area contributed by atoms with Gasteiger partial charge in [0, 0.05) is 0 Å². The van der Waals surface area contributed by atoms with E-state index in [1.165, 1.54) is 6.42 Å². The lowest BCUT2D eigenvalue weighted by atomic mass is 10.3. The average Bonchev–Trinajstić information content (AvgIpc) is 2.03. The van der Waals surface area contributed by atoms with E-state index < -0.39 is 0 Å². The lowest BCUT2D eigenvalue weighted by Gasteiger charge is -1.79. The van der Waals surface area contributed by atoms with Gasteiger partial charge in [0.15, 0.2) is 0 Å². The summed E-state index contributed by atoms with van der Waals surface area (Å²) >= 11 is 0. The molecule has 0 nitrogen and oxygen atoms in total. The third-order valence-electron chi connectivity index (χ3n) is 1.17. The van der Waals surface area contributed by atoms with Crippen LogP contribution in [0.4, 0.5) is 0 Å². The highest BCUT2D eigenvalue weighted by molar-refractivity contribution is 5.14. The Hall–Kier alpha value is -1.04. The maximum atomic E-state index is 3.57. The molecule has 0 unspecified atom stereocenters. The molecule has 0 aromatic rings. The van der Waals surface area contributed by atoms with Gasteiger partial charge in [-0.3, -0.25) is 0 Å². The van der Waals surface area contributed by atoms with Crippen molar-refractivity contribution in [3.05, 3.63) is 49.1 Å². The molecule has 0 fully saturated rings. The SMILES string of the molecule is C=C/C=C/C=C\C=CCCC. The predicted molar refractivity (Wildman–Crippen MR) is 52.5 cm³/mol. The molecule has 0 saturated heterocycles. The molecule has 0 aliphatic carbocycles.